The summed E-state index contributed by atoms with van der Waals surface area (Å²) in [7, 11) is 3.24. The highest BCUT2D eigenvalue weighted by molar-refractivity contribution is 9.10. The first-order valence-electron chi connectivity index (χ1n) is 6.32. The number of aliphatic hydroxyl groups is 1. The summed E-state index contributed by atoms with van der Waals surface area (Å²) in [5, 5.41) is 12.9. The molecule has 0 saturated heterocycles. The Bertz CT molecular complexity index is 387. The van der Waals surface area contributed by atoms with Gasteiger partial charge in [0, 0.05) is 13.2 Å². The van der Waals surface area contributed by atoms with Crippen LogP contribution in [0.1, 0.15) is 24.9 Å². The minimum absolute atomic E-state index is 0.219. The summed E-state index contributed by atoms with van der Waals surface area (Å²) in [6, 6.07) is 6.24. The molecule has 108 valence electrons. The monoisotopic (exact) mass is 331 g/mol. The molecule has 4 nitrogen and oxygen atoms in total. The molecule has 5 heteroatoms. The van der Waals surface area contributed by atoms with E-state index in [4.69, 9.17) is 9.47 Å². The number of hydrogen-bond donors (Lipinski definition) is 2. The smallest absolute Gasteiger partial charge is 0.133 e. The fourth-order valence-electron chi connectivity index (χ4n) is 1.81. The van der Waals surface area contributed by atoms with Gasteiger partial charge in [0.2, 0.25) is 0 Å². The second-order valence-corrected chi connectivity index (χ2v) is 5.32. The lowest BCUT2D eigenvalue weighted by atomic mass is 10.1. The van der Waals surface area contributed by atoms with Crippen LogP contribution in [0.15, 0.2) is 22.7 Å². The van der Waals surface area contributed by atoms with E-state index in [-0.39, 0.29) is 6.04 Å². The number of nitrogens with one attached hydrogen (secondary N) is 1. The minimum Gasteiger partial charge on any atom is -0.496 e. The number of methoxy groups -OCH3 is 2. The highest BCUT2D eigenvalue weighted by atomic mass is 79.9. The lowest BCUT2D eigenvalue weighted by Crippen LogP contribution is -2.25. The van der Waals surface area contributed by atoms with Crippen molar-refractivity contribution in [3.05, 3.63) is 28.2 Å². The minimum atomic E-state index is -0.410. The zero-order valence-electron chi connectivity index (χ0n) is 11.6. The number of aliphatic hydroxyl groups excluding tert-OH is 1. The molecule has 0 heterocycles. The largest absolute Gasteiger partial charge is 0.496 e. The van der Waals surface area contributed by atoms with Gasteiger partial charge in [-0.3, -0.25) is 0 Å². The van der Waals surface area contributed by atoms with Crippen LogP contribution in [0.4, 0.5) is 0 Å². The Morgan fingerprint density at radius 2 is 2.11 bits per heavy atom. The van der Waals surface area contributed by atoms with Crippen LogP contribution in [-0.4, -0.2) is 38.6 Å². The summed E-state index contributed by atoms with van der Waals surface area (Å²) in [4.78, 5) is 0. The summed E-state index contributed by atoms with van der Waals surface area (Å²) in [5.74, 6) is 0.825. The van der Waals surface area contributed by atoms with Crippen molar-refractivity contribution in [2.75, 3.05) is 27.4 Å². The third kappa shape index (κ3) is 5.48. The Labute approximate surface area is 123 Å². The van der Waals surface area contributed by atoms with Crippen molar-refractivity contribution in [3.63, 3.8) is 0 Å². The molecule has 1 rings (SSSR count). The molecule has 19 heavy (non-hydrogen) atoms. The Morgan fingerprint density at radius 3 is 2.68 bits per heavy atom. The molecule has 0 aliphatic carbocycles. The molecule has 1 aromatic rings. The van der Waals surface area contributed by atoms with Crippen molar-refractivity contribution in [3.8, 4) is 5.75 Å². The zero-order chi connectivity index (χ0) is 14.3. The Balaban J connectivity index is 2.45. The Morgan fingerprint density at radius 1 is 1.37 bits per heavy atom. The Kier molecular flexibility index (Phi) is 7.38. The second-order valence-electron chi connectivity index (χ2n) is 4.47. The van der Waals surface area contributed by atoms with Gasteiger partial charge in [-0.25, -0.2) is 0 Å². The molecule has 0 aromatic heterocycles. The van der Waals surface area contributed by atoms with Crippen LogP contribution >= 0.6 is 15.9 Å². The summed E-state index contributed by atoms with van der Waals surface area (Å²) in [6.45, 7) is 3.22. The quantitative estimate of drug-likeness (QED) is 0.768. The van der Waals surface area contributed by atoms with E-state index in [1.807, 2.05) is 18.2 Å². The van der Waals surface area contributed by atoms with Crippen LogP contribution in [0.3, 0.4) is 0 Å². The van der Waals surface area contributed by atoms with Gasteiger partial charge in [0.1, 0.15) is 5.75 Å². The number of ether oxygens (including phenoxy) is 2. The number of benzene rings is 1. The van der Waals surface area contributed by atoms with Crippen molar-refractivity contribution < 1.29 is 14.6 Å². The zero-order valence-corrected chi connectivity index (χ0v) is 13.2. The lowest BCUT2D eigenvalue weighted by Gasteiger charge is -2.17. The van der Waals surface area contributed by atoms with E-state index >= 15 is 0 Å². The molecule has 1 aromatic carbocycles. The highest BCUT2D eigenvalue weighted by Crippen LogP contribution is 2.27. The first kappa shape index (κ1) is 16.4. The van der Waals surface area contributed by atoms with E-state index in [1.165, 1.54) is 5.56 Å². The van der Waals surface area contributed by atoms with Crippen molar-refractivity contribution in [2.45, 2.75) is 25.5 Å². The number of hydrogen-bond acceptors (Lipinski definition) is 4. The topological polar surface area (TPSA) is 50.7 Å². The molecular formula is C14H22BrNO3. The molecule has 0 aliphatic rings. The first-order chi connectivity index (χ1) is 9.08. The van der Waals surface area contributed by atoms with Gasteiger partial charge in [-0.15, -0.1) is 0 Å². The van der Waals surface area contributed by atoms with Crippen molar-refractivity contribution in [1.82, 2.24) is 5.32 Å². The molecule has 0 saturated carbocycles. The summed E-state index contributed by atoms with van der Waals surface area (Å²) >= 11 is 3.48. The normalized spacial score (nSPS) is 14.2. The van der Waals surface area contributed by atoms with Crippen LogP contribution in [0.5, 0.6) is 5.75 Å². The van der Waals surface area contributed by atoms with Crippen LogP contribution in [0, 0.1) is 0 Å². The second kappa shape index (κ2) is 8.53. The average molecular weight is 332 g/mol. The third-order valence-corrected chi connectivity index (χ3v) is 3.58. The van der Waals surface area contributed by atoms with Crippen LogP contribution < -0.4 is 10.1 Å². The Hall–Kier alpha value is -0.620. The summed E-state index contributed by atoms with van der Waals surface area (Å²) in [6.07, 6.45) is 0.266. The predicted molar refractivity (Wildman–Crippen MR) is 79.6 cm³/mol. The maximum atomic E-state index is 9.56. The SMILES string of the molecule is COCC(O)CCNC(C)c1ccc(OC)c(Br)c1. The van der Waals surface area contributed by atoms with Crippen molar-refractivity contribution in [2.24, 2.45) is 0 Å². The van der Waals surface area contributed by atoms with Gasteiger partial charge in [-0.1, -0.05) is 6.07 Å². The van der Waals surface area contributed by atoms with E-state index in [1.54, 1.807) is 14.2 Å². The molecule has 0 aliphatic heterocycles. The van der Waals surface area contributed by atoms with Crippen LogP contribution in [0.2, 0.25) is 0 Å². The molecular weight excluding hydrogens is 310 g/mol. The van der Waals surface area contributed by atoms with E-state index in [9.17, 15) is 5.11 Å². The molecule has 0 spiro atoms. The maximum absolute atomic E-state index is 9.56. The first-order valence-corrected chi connectivity index (χ1v) is 7.11. The van der Waals surface area contributed by atoms with Gasteiger partial charge in [0.15, 0.2) is 0 Å². The molecule has 0 fully saturated rings. The lowest BCUT2D eigenvalue weighted by molar-refractivity contribution is 0.0590. The predicted octanol–water partition coefficient (Wildman–Crippen LogP) is 2.51. The fourth-order valence-corrected chi connectivity index (χ4v) is 2.37. The van der Waals surface area contributed by atoms with Gasteiger partial charge in [-0.2, -0.15) is 0 Å². The van der Waals surface area contributed by atoms with Crippen molar-refractivity contribution >= 4 is 15.9 Å². The molecule has 0 bridgehead atoms. The summed E-state index contributed by atoms with van der Waals surface area (Å²) < 4.78 is 11.0. The standard InChI is InChI=1S/C14H22BrNO3/c1-10(16-7-6-12(17)9-18-2)11-4-5-14(19-3)13(15)8-11/h4-5,8,10,12,16-17H,6-7,9H2,1-3H3. The molecule has 2 unspecified atom stereocenters. The number of halogens is 1. The molecule has 0 amide bonds. The molecule has 0 radical (unpaired) electrons. The third-order valence-electron chi connectivity index (χ3n) is 2.96. The summed E-state index contributed by atoms with van der Waals surface area (Å²) in [5.41, 5.74) is 1.17. The molecule has 2 N–H and O–H groups in total. The van der Waals surface area contributed by atoms with E-state index in [0.29, 0.717) is 13.0 Å². The van der Waals surface area contributed by atoms with Crippen molar-refractivity contribution in [1.29, 1.82) is 0 Å². The maximum Gasteiger partial charge on any atom is 0.133 e. The van der Waals surface area contributed by atoms with Gasteiger partial charge in [-0.05, 0) is 53.5 Å². The van der Waals surface area contributed by atoms with Gasteiger partial charge < -0.3 is 19.9 Å². The number of rotatable bonds is 8. The van der Waals surface area contributed by atoms with Crippen LogP contribution in [0.25, 0.3) is 0 Å². The highest BCUT2D eigenvalue weighted by Gasteiger charge is 2.09. The van der Waals surface area contributed by atoms with Gasteiger partial charge >= 0.3 is 0 Å². The van der Waals surface area contributed by atoms with Gasteiger partial charge in [0.05, 0.1) is 24.3 Å². The molecule has 2 atom stereocenters. The van der Waals surface area contributed by atoms with E-state index in [0.717, 1.165) is 16.8 Å². The van der Waals surface area contributed by atoms with E-state index < -0.39 is 6.10 Å². The fraction of sp³-hybridized carbons (Fsp3) is 0.571. The van der Waals surface area contributed by atoms with Crippen LogP contribution in [-0.2, 0) is 4.74 Å². The average Bonchev–Trinajstić information content (AvgIpc) is 2.38. The van der Waals surface area contributed by atoms with Gasteiger partial charge in [0.25, 0.3) is 0 Å². The van der Waals surface area contributed by atoms with E-state index in [2.05, 4.69) is 28.2 Å².